The third kappa shape index (κ3) is 7.42. The maximum Gasteiger partial charge on any atom is 0.187 e. The van der Waals surface area contributed by atoms with Gasteiger partial charge < -0.3 is 70.0 Å². The number of ether oxygens (including phenoxy) is 4. The lowest BCUT2D eigenvalue weighted by Crippen LogP contribution is -2.62. The molecule has 14 nitrogen and oxygen atoms in total. The number of aliphatic hydroxyl groups excluding tert-OH is 10. The van der Waals surface area contributed by atoms with Crippen LogP contribution in [0.5, 0.6) is 0 Å². The second-order valence-electron chi connectivity index (χ2n) is 18.1. The van der Waals surface area contributed by atoms with Crippen molar-refractivity contribution in [2.24, 2.45) is 46.3 Å². The monoisotopic (exact) mass is 758 g/mol. The quantitative estimate of drug-likeness (QED) is 0.124. The van der Waals surface area contributed by atoms with E-state index in [1.165, 1.54) is 0 Å². The zero-order valence-electron chi connectivity index (χ0n) is 31.8. The van der Waals surface area contributed by atoms with E-state index in [9.17, 15) is 51.1 Å². The van der Waals surface area contributed by atoms with Crippen LogP contribution < -0.4 is 0 Å². The Hall–Kier alpha value is -0.820. The van der Waals surface area contributed by atoms with Gasteiger partial charge in [0.05, 0.1) is 37.6 Å². The molecular formula is C39H66O14. The third-order valence-electron chi connectivity index (χ3n) is 14.7. The van der Waals surface area contributed by atoms with Gasteiger partial charge in [0.1, 0.15) is 48.8 Å². The van der Waals surface area contributed by atoms with E-state index in [4.69, 9.17) is 18.9 Å². The Morgan fingerprint density at radius 2 is 1.36 bits per heavy atom. The van der Waals surface area contributed by atoms with Gasteiger partial charge >= 0.3 is 0 Å². The van der Waals surface area contributed by atoms with E-state index < -0.39 is 104 Å². The normalized spacial score (nSPS) is 51.2. The van der Waals surface area contributed by atoms with Crippen LogP contribution in [0.2, 0.25) is 0 Å². The summed E-state index contributed by atoms with van der Waals surface area (Å²) in [5.41, 5.74) is 0.176. The van der Waals surface area contributed by atoms with Gasteiger partial charge in [0.25, 0.3) is 0 Å². The minimum absolute atomic E-state index is 0.0794. The molecule has 2 aliphatic heterocycles. The molecule has 2 saturated heterocycles. The Kier molecular flexibility index (Phi) is 12.8. The van der Waals surface area contributed by atoms with Crippen LogP contribution in [-0.4, -0.2) is 150 Å². The van der Waals surface area contributed by atoms with Crippen LogP contribution in [-0.2, 0) is 18.9 Å². The summed E-state index contributed by atoms with van der Waals surface area (Å²) in [6.07, 6.45) is -9.27. The lowest BCUT2D eigenvalue weighted by Gasteiger charge is -2.60. The van der Waals surface area contributed by atoms with Crippen LogP contribution >= 0.6 is 0 Å². The van der Waals surface area contributed by atoms with Crippen molar-refractivity contribution in [3.05, 3.63) is 11.6 Å². The first-order valence-electron chi connectivity index (χ1n) is 19.9. The zero-order chi connectivity index (χ0) is 38.7. The highest BCUT2D eigenvalue weighted by Crippen LogP contribution is 2.68. The van der Waals surface area contributed by atoms with Crippen LogP contribution in [0.4, 0.5) is 0 Å². The molecule has 10 N–H and O–H groups in total. The largest absolute Gasteiger partial charge is 0.394 e. The summed E-state index contributed by atoms with van der Waals surface area (Å²) in [5, 5.41) is 106. The fourth-order valence-corrected chi connectivity index (χ4v) is 11.7. The first-order valence-corrected chi connectivity index (χ1v) is 19.9. The maximum atomic E-state index is 11.6. The van der Waals surface area contributed by atoms with Crippen LogP contribution in [0.15, 0.2) is 11.6 Å². The highest BCUT2D eigenvalue weighted by molar-refractivity contribution is 5.28. The number of fused-ring (bicyclic) bond motifs is 5. The predicted octanol–water partition coefficient (Wildman–Crippen LogP) is -0.0505. The average molecular weight is 759 g/mol. The lowest BCUT2D eigenvalue weighted by atomic mass is 9.46. The molecule has 0 spiro atoms. The van der Waals surface area contributed by atoms with Crippen molar-refractivity contribution in [1.29, 1.82) is 0 Å². The summed E-state index contributed by atoms with van der Waals surface area (Å²) in [5.74, 6) is 0.371. The smallest absolute Gasteiger partial charge is 0.187 e. The number of hydrogen-bond donors (Lipinski definition) is 10. The van der Waals surface area contributed by atoms with Gasteiger partial charge in [-0.25, -0.2) is 0 Å². The van der Waals surface area contributed by atoms with Gasteiger partial charge in [-0.1, -0.05) is 46.3 Å². The van der Waals surface area contributed by atoms with Crippen molar-refractivity contribution in [3.63, 3.8) is 0 Å². The second-order valence-corrected chi connectivity index (χ2v) is 18.1. The third-order valence-corrected chi connectivity index (χ3v) is 14.7. The fourth-order valence-electron chi connectivity index (χ4n) is 11.7. The van der Waals surface area contributed by atoms with Crippen LogP contribution in [0.25, 0.3) is 0 Å². The molecule has 3 saturated carbocycles. The van der Waals surface area contributed by atoms with Crippen LogP contribution in [0.3, 0.4) is 0 Å². The van der Waals surface area contributed by atoms with Gasteiger partial charge in [0.15, 0.2) is 12.6 Å². The van der Waals surface area contributed by atoms with Gasteiger partial charge in [-0.15, -0.1) is 0 Å². The van der Waals surface area contributed by atoms with Crippen molar-refractivity contribution in [2.75, 3.05) is 13.2 Å². The Bertz CT molecular complexity index is 1260. The summed E-state index contributed by atoms with van der Waals surface area (Å²) < 4.78 is 24.8. The SMILES string of the molecule is CC(C)CC[C@H](O)[C@@H](C)[C@H]1[C@@H](O[C@H]2O[C@@H](CO)[C@H](O)[C@@H](O)[C@@H]2O)C[C@H]2[C@@H]3CC=C4C[C@@H](O)C[C@@H](O[C@@H]5O[C@@H](CO)[C@H](O)[C@H](O)[C@@H]5O)[C@@]4(C)[C@H]3CC[C@]12C. The molecule has 6 aliphatic rings. The Labute approximate surface area is 312 Å². The van der Waals surface area contributed by atoms with Crippen molar-refractivity contribution < 1.29 is 70.0 Å². The Balaban J connectivity index is 1.31. The topological polar surface area (TPSA) is 239 Å². The van der Waals surface area contributed by atoms with Gasteiger partial charge in [0, 0.05) is 11.8 Å². The molecule has 4 aliphatic carbocycles. The number of allylic oxidation sites excluding steroid dienone is 1. The second kappa shape index (κ2) is 16.2. The molecule has 0 bridgehead atoms. The molecule has 0 unspecified atom stereocenters. The molecule has 53 heavy (non-hydrogen) atoms. The summed E-state index contributed by atoms with van der Waals surface area (Å²) in [6.45, 7) is 9.58. The van der Waals surface area contributed by atoms with Crippen molar-refractivity contribution in [3.8, 4) is 0 Å². The molecular weight excluding hydrogens is 692 g/mol. The molecule has 0 radical (unpaired) electrons. The van der Waals surface area contributed by atoms with E-state index in [0.717, 1.165) is 31.3 Å². The number of aliphatic hydroxyl groups is 10. The minimum atomic E-state index is -1.59. The average Bonchev–Trinajstić information content (AvgIpc) is 3.42. The van der Waals surface area contributed by atoms with Crippen molar-refractivity contribution >= 4 is 0 Å². The molecule has 2 heterocycles. The Morgan fingerprint density at radius 1 is 0.774 bits per heavy atom. The molecule has 306 valence electrons. The summed E-state index contributed by atoms with van der Waals surface area (Å²) in [7, 11) is 0. The van der Waals surface area contributed by atoms with Gasteiger partial charge in [-0.2, -0.15) is 0 Å². The predicted molar refractivity (Wildman–Crippen MR) is 188 cm³/mol. The van der Waals surface area contributed by atoms with Crippen molar-refractivity contribution in [2.45, 2.75) is 172 Å². The Morgan fingerprint density at radius 3 is 1.92 bits per heavy atom. The minimum Gasteiger partial charge on any atom is -0.394 e. The van der Waals surface area contributed by atoms with E-state index in [-0.39, 0.29) is 41.4 Å². The molecule has 6 rings (SSSR count). The van der Waals surface area contributed by atoms with E-state index in [1.54, 1.807) is 0 Å². The first kappa shape index (κ1) is 41.8. The van der Waals surface area contributed by atoms with Crippen molar-refractivity contribution in [1.82, 2.24) is 0 Å². The van der Waals surface area contributed by atoms with E-state index in [0.29, 0.717) is 25.2 Å². The molecule has 21 atom stereocenters. The van der Waals surface area contributed by atoms with Crippen LogP contribution in [0, 0.1) is 46.3 Å². The fraction of sp³-hybridized carbons (Fsp3) is 0.949. The standard InChI is InChI=1S/C39H66O14/c1-17(2)6-9-24(43)18(3)29-25(50-36-34(48)32(46)30(44)26(15-40)51-36)14-23-21-8-7-19-12-20(42)13-28(39(19,5)22(21)10-11-38(23,29)4)53-37-35(49)33(47)31(45)27(16-41)52-37/h7,17-18,20-37,40-49H,6,8-16H2,1-5H3/t18-,20-,21-,22+,23+,24+,25+,26+,27+,28-,29+,30+,31+,32-,33+,34+,35+,36+,37+,38+,39-/m1/s1. The molecule has 0 aromatic carbocycles. The lowest BCUT2D eigenvalue weighted by molar-refractivity contribution is -0.324. The first-order chi connectivity index (χ1) is 25.0. The number of hydrogen-bond acceptors (Lipinski definition) is 14. The summed E-state index contributed by atoms with van der Waals surface area (Å²) >= 11 is 0. The highest BCUT2D eigenvalue weighted by Gasteiger charge is 2.65. The van der Waals surface area contributed by atoms with Crippen LogP contribution in [0.1, 0.15) is 86.0 Å². The van der Waals surface area contributed by atoms with E-state index in [1.807, 2.05) is 0 Å². The molecule has 5 fully saturated rings. The highest BCUT2D eigenvalue weighted by atomic mass is 16.7. The maximum absolute atomic E-state index is 11.6. The summed E-state index contributed by atoms with van der Waals surface area (Å²) in [4.78, 5) is 0. The molecule has 0 aromatic rings. The van der Waals surface area contributed by atoms with E-state index >= 15 is 0 Å². The van der Waals surface area contributed by atoms with Gasteiger partial charge in [0.2, 0.25) is 0 Å². The molecule has 0 aromatic heterocycles. The summed E-state index contributed by atoms with van der Waals surface area (Å²) in [6, 6.07) is 0. The van der Waals surface area contributed by atoms with E-state index in [2.05, 4.69) is 40.7 Å². The zero-order valence-corrected chi connectivity index (χ0v) is 31.8. The van der Waals surface area contributed by atoms with Gasteiger partial charge in [-0.3, -0.25) is 0 Å². The number of rotatable bonds is 11. The molecule has 0 amide bonds. The van der Waals surface area contributed by atoms with Gasteiger partial charge in [-0.05, 0) is 85.9 Å². The molecule has 14 heteroatoms.